The van der Waals surface area contributed by atoms with Gasteiger partial charge in [0.15, 0.2) is 0 Å². The molecule has 2 atom stereocenters. The van der Waals surface area contributed by atoms with Gasteiger partial charge in [-0.3, -0.25) is 0 Å². The first-order chi connectivity index (χ1) is 19.7. The molecule has 0 spiro atoms. The Kier molecular flexibility index (Phi) is 35.2. The lowest BCUT2D eigenvalue weighted by molar-refractivity contribution is 0.421. The Morgan fingerprint density at radius 1 is 0.225 bits per heavy atom. The molecule has 0 bridgehead atoms. The zero-order valence-electron chi connectivity index (χ0n) is 29.2. The molecule has 0 saturated carbocycles. The van der Waals surface area contributed by atoms with E-state index in [1.54, 1.807) is 0 Å². The van der Waals surface area contributed by atoms with Gasteiger partial charge in [-0.05, 0) is 11.8 Å². The summed E-state index contributed by atoms with van der Waals surface area (Å²) in [7, 11) is 0. The molecule has 40 heavy (non-hydrogen) atoms. The van der Waals surface area contributed by atoms with Crippen LogP contribution >= 0.6 is 0 Å². The Hall–Kier alpha value is 0. The quantitative estimate of drug-likeness (QED) is 0.0674. The van der Waals surface area contributed by atoms with Gasteiger partial charge in [0.05, 0.1) is 0 Å². The molecule has 0 amide bonds. The monoisotopic (exact) mass is 563 g/mol. The van der Waals surface area contributed by atoms with Gasteiger partial charge in [-0.25, -0.2) is 0 Å². The molecular formula is C40H82. The van der Waals surface area contributed by atoms with Crippen LogP contribution in [0.1, 0.15) is 246 Å². The smallest absolute Gasteiger partial charge is 0.0443 e. The summed E-state index contributed by atoms with van der Waals surface area (Å²) in [6.45, 7) is 9.64. The van der Waals surface area contributed by atoms with Crippen molar-refractivity contribution in [1.29, 1.82) is 0 Å². The van der Waals surface area contributed by atoms with Crippen molar-refractivity contribution in [2.75, 3.05) is 0 Å². The molecule has 0 radical (unpaired) electrons. The maximum Gasteiger partial charge on any atom is -0.0443 e. The molecule has 0 heteroatoms. The second-order valence-corrected chi connectivity index (χ2v) is 14.3. The zero-order chi connectivity index (χ0) is 29.2. The van der Waals surface area contributed by atoms with E-state index in [-0.39, 0.29) is 0 Å². The Morgan fingerprint density at radius 3 is 0.550 bits per heavy atom. The van der Waals surface area contributed by atoms with Gasteiger partial charge in [0.2, 0.25) is 0 Å². The normalized spacial score (nSPS) is 13.2. The average molecular weight is 563 g/mol. The van der Waals surface area contributed by atoms with Crippen molar-refractivity contribution < 1.29 is 0 Å². The first-order valence-corrected chi connectivity index (χ1v) is 19.7. The van der Waals surface area contributed by atoms with Gasteiger partial charge < -0.3 is 0 Å². The molecule has 2 unspecified atom stereocenters. The second kappa shape index (κ2) is 35.2. The molecule has 0 heterocycles. The highest BCUT2D eigenvalue weighted by Gasteiger charge is 2.04. The largest absolute Gasteiger partial charge is 0.0654 e. The lowest BCUT2D eigenvalue weighted by Crippen LogP contribution is -1.96. The lowest BCUT2D eigenvalue weighted by Gasteiger charge is -2.12. The van der Waals surface area contributed by atoms with Crippen molar-refractivity contribution in [3.8, 4) is 0 Å². The van der Waals surface area contributed by atoms with Gasteiger partial charge in [-0.1, -0.05) is 246 Å². The SMILES string of the molecule is CCCCCCCCCCCCCCC(C)CCCCCCCCCC(C)CCCCCCCCCCCCC. The van der Waals surface area contributed by atoms with Crippen LogP contribution in [0, 0.1) is 11.8 Å². The van der Waals surface area contributed by atoms with E-state index in [2.05, 4.69) is 27.7 Å². The van der Waals surface area contributed by atoms with E-state index >= 15 is 0 Å². The molecule has 242 valence electrons. The fraction of sp³-hybridized carbons (Fsp3) is 1.00. The average Bonchev–Trinajstić information content (AvgIpc) is 2.95. The van der Waals surface area contributed by atoms with Crippen molar-refractivity contribution in [3.05, 3.63) is 0 Å². The molecule has 0 aliphatic heterocycles. The van der Waals surface area contributed by atoms with E-state index in [0.717, 1.165) is 11.8 Å². The molecular weight excluding hydrogens is 480 g/mol. The number of hydrogen-bond acceptors (Lipinski definition) is 0. The summed E-state index contributed by atoms with van der Waals surface area (Å²) in [6, 6.07) is 0. The summed E-state index contributed by atoms with van der Waals surface area (Å²) in [5, 5.41) is 0. The molecule has 0 rings (SSSR count). The van der Waals surface area contributed by atoms with E-state index in [0.29, 0.717) is 0 Å². The van der Waals surface area contributed by atoms with Crippen LogP contribution in [0.2, 0.25) is 0 Å². The number of rotatable bonds is 35. The molecule has 0 fully saturated rings. The summed E-state index contributed by atoms with van der Waals surface area (Å²) < 4.78 is 0. The van der Waals surface area contributed by atoms with Crippen LogP contribution in [0.15, 0.2) is 0 Å². The fourth-order valence-electron chi connectivity index (χ4n) is 6.65. The van der Waals surface area contributed by atoms with Gasteiger partial charge in [-0.2, -0.15) is 0 Å². The maximum atomic E-state index is 2.51. The first kappa shape index (κ1) is 40.0. The summed E-state index contributed by atoms with van der Waals surface area (Å²) in [5.74, 6) is 1.93. The van der Waals surface area contributed by atoms with Gasteiger partial charge in [0.1, 0.15) is 0 Å². The molecule has 0 aromatic heterocycles. The fourth-order valence-corrected chi connectivity index (χ4v) is 6.65. The molecule has 0 saturated heterocycles. The van der Waals surface area contributed by atoms with Crippen molar-refractivity contribution in [2.24, 2.45) is 11.8 Å². The molecule has 0 nitrogen and oxygen atoms in total. The summed E-state index contributed by atoms with van der Waals surface area (Å²) in [5.41, 5.74) is 0. The topological polar surface area (TPSA) is 0 Å². The standard InChI is InChI=1S/C40H82/c1-5-7-9-11-13-15-17-19-21-24-28-32-36-40(4)38-34-30-26-22-25-29-33-37-39(3)35-31-27-23-20-18-16-14-12-10-8-6-2/h39-40H,5-38H2,1-4H3. The summed E-state index contributed by atoms with van der Waals surface area (Å²) in [4.78, 5) is 0. The third-order valence-corrected chi connectivity index (χ3v) is 9.74. The minimum absolute atomic E-state index is 0.963. The molecule has 0 N–H and O–H groups in total. The van der Waals surface area contributed by atoms with Crippen LogP contribution in [0.25, 0.3) is 0 Å². The van der Waals surface area contributed by atoms with E-state index < -0.39 is 0 Å². The Bertz CT molecular complexity index is 426. The highest BCUT2D eigenvalue weighted by molar-refractivity contribution is 4.58. The third-order valence-electron chi connectivity index (χ3n) is 9.74. The predicted octanol–water partition coefficient (Wildman–Crippen LogP) is 15.6. The Morgan fingerprint density at radius 2 is 0.375 bits per heavy atom. The molecule has 0 aliphatic carbocycles. The van der Waals surface area contributed by atoms with Crippen molar-refractivity contribution in [3.63, 3.8) is 0 Å². The summed E-state index contributed by atoms with van der Waals surface area (Å²) >= 11 is 0. The predicted molar refractivity (Wildman–Crippen MR) is 187 cm³/mol. The Labute approximate surface area is 257 Å². The van der Waals surface area contributed by atoms with Crippen LogP contribution in [-0.4, -0.2) is 0 Å². The van der Waals surface area contributed by atoms with Gasteiger partial charge in [0, 0.05) is 0 Å². The van der Waals surface area contributed by atoms with Crippen molar-refractivity contribution >= 4 is 0 Å². The van der Waals surface area contributed by atoms with E-state index in [1.165, 1.54) is 218 Å². The summed E-state index contributed by atoms with van der Waals surface area (Å²) in [6.07, 6.45) is 50.1. The van der Waals surface area contributed by atoms with E-state index in [4.69, 9.17) is 0 Å². The van der Waals surface area contributed by atoms with Gasteiger partial charge in [0.25, 0.3) is 0 Å². The van der Waals surface area contributed by atoms with Gasteiger partial charge >= 0.3 is 0 Å². The van der Waals surface area contributed by atoms with Gasteiger partial charge in [-0.15, -0.1) is 0 Å². The second-order valence-electron chi connectivity index (χ2n) is 14.3. The molecule has 0 aromatic carbocycles. The van der Waals surface area contributed by atoms with Crippen molar-refractivity contribution in [2.45, 2.75) is 246 Å². The highest BCUT2D eigenvalue weighted by atomic mass is 14.1. The highest BCUT2D eigenvalue weighted by Crippen LogP contribution is 2.21. The van der Waals surface area contributed by atoms with Crippen LogP contribution in [0.5, 0.6) is 0 Å². The van der Waals surface area contributed by atoms with Crippen molar-refractivity contribution in [1.82, 2.24) is 0 Å². The van der Waals surface area contributed by atoms with Crippen LogP contribution in [0.3, 0.4) is 0 Å². The first-order valence-electron chi connectivity index (χ1n) is 19.7. The Balaban J connectivity index is 3.23. The van der Waals surface area contributed by atoms with Crippen LogP contribution < -0.4 is 0 Å². The van der Waals surface area contributed by atoms with Crippen LogP contribution in [-0.2, 0) is 0 Å². The molecule has 0 aromatic rings. The third kappa shape index (κ3) is 34.2. The van der Waals surface area contributed by atoms with E-state index in [9.17, 15) is 0 Å². The minimum atomic E-state index is 0.963. The number of hydrogen-bond donors (Lipinski definition) is 0. The number of unbranched alkanes of at least 4 members (excludes halogenated alkanes) is 27. The molecule has 0 aliphatic rings. The van der Waals surface area contributed by atoms with E-state index in [1.807, 2.05) is 0 Å². The van der Waals surface area contributed by atoms with Crippen LogP contribution in [0.4, 0.5) is 0 Å². The lowest BCUT2D eigenvalue weighted by atomic mass is 9.95. The zero-order valence-corrected chi connectivity index (χ0v) is 29.2. The maximum absolute atomic E-state index is 2.51. The minimum Gasteiger partial charge on any atom is -0.0654 e.